The van der Waals surface area contributed by atoms with Gasteiger partial charge in [-0.3, -0.25) is 9.59 Å². The smallest absolute Gasteiger partial charge is 0.335 e. The van der Waals surface area contributed by atoms with Crippen LogP contribution in [0.5, 0.6) is 0 Å². The molecule has 9 rings (SSSR count). The van der Waals surface area contributed by atoms with Crippen molar-refractivity contribution in [2.75, 3.05) is 4.90 Å². The molecule has 51 heavy (non-hydrogen) atoms. The first-order valence-electron chi connectivity index (χ1n) is 16.4. The predicted molar refractivity (Wildman–Crippen MR) is 213 cm³/mol. The Hall–Kier alpha value is -2.16. The lowest BCUT2D eigenvalue weighted by Gasteiger charge is -2.46. The molecule has 5 aromatic carbocycles. The van der Waals surface area contributed by atoms with Gasteiger partial charge in [0.2, 0.25) is 11.8 Å². The van der Waals surface area contributed by atoms with E-state index in [1.54, 1.807) is 13.0 Å². The molecule has 2 amide bonds. The van der Waals surface area contributed by atoms with Crippen molar-refractivity contribution in [3.63, 3.8) is 0 Å². The summed E-state index contributed by atoms with van der Waals surface area (Å²) in [6, 6.07) is 29.9. The van der Waals surface area contributed by atoms with Crippen LogP contribution in [0, 0.1) is 18.8 Å². The first kappa shape index (κ1) is 35.8. The third kappa shape index (κ3) is 8.49. The van der Waals surface area contributed by atoms with Crippen LogP contribution in [0.2, 0.25) is 0 Å². The number of carboxylic acids is 1. The van der Waals surface area contributed by atoms with Crippen LogP contribution >= 0.6 is 104 Å². The molecular weight excluding hydrogens is 841 g/mol. The van der Waals surface area contributed by atoms with E-state index in [2.05, 4.69) is 48.5 Å². The number of fused-ring (bicyclic) bond motifs is 2. The molecule has 5 nitrogen and oxygen atoms in total. The number of hydrogen-bond donors (Lipinski definition) is 1. The van der Waals surface area contributed by atoms with Gasteiger partial charge in [-0.25, -0.2) is 9.69 Å². The van der Waals surface area contributed by atoms with Gasteiger partial charge in [-0.05, 0) is 74.5 Å². The number of aryl methyl sites for hydroxylation is 1. The van der Waals surface area contributed by atoms with Crippen LogP contribution < -0.4 is 4.90 Å². The lowest BCUT2D eigenvalue weighted by Crippen LogP contribution is -2.41. The van der Waals surface area contributed by atoms with E-state index in [1.165, 1.54) is 17.0 Å². The molecular formula is C37H26Cl9NO4. The molecule has 5 aromatic rings. The van der Waals surface area contributed by atoms with Crippen molar-refractivity contribution in [2.24, 2.45) is 11.8 Å². The zero-order chi connectivity index (χ0) is 40.1. The van der Waals surface area contributed by atoms with Gasteiger partial charge in [-0.15, -0.1) is 0 Å². The van der Waals surface area contributed by atoms with Crippen molar-refractivity contribution in [1.82, 2.24) is 0 Å². The van der Waals surface area contributed by atoms with Crippen molar-refractivity contribution in [2.45, 2.75) is 31.6 Å². The summed E-state index contributed by atoms with van der Waals surface area (Å²) in [6.45, 7) is 1.75. The lowest BCUT2D eigenvalue weighted by atomic mass is 9.54. The monoisotopic (exact) mass is 866 g/mol. The molecule has 0 saturated carbocycles. The second-order valence-electron chi connectivity index (χ2n) is 11.6. The molecule has 3 aliphatic carbocycles. The summed E-state index contributed by atoms with van der Waals surface area (Å²) >= 11 is 42.5. The Kier molecular flexibility index (Phi) is 11.9. The highest BCUT2D eigenvalue weighted by molar-refractivity contribution is 6.63. The van der Waals surface area contributed by atoms with E-state index >= 15 is 0 Å². The first-order valence-corrected chi connectivity index (χ1v) is 18.3. The third-order valence-corrected chi connectivity index (χ3v) is 9.04. The van der Waals surface area contributed by atoms with Gasteiger partial charge < -0.3 is 5.11 Å². The number of carboxylic acid groups (broad SMARTS) is 1. The Morgan fingerprint density at radius 2 is 0.922 bits per heavy atom. The number of amides is 2. The first-order chi connectivity index (χ1) is 24.9. The van der Waals surface area contributed by atoms with Crippen molar-refractivity contribution in [1.29, 1.82) is 0 Å². The Morgan fingerprint density at radius 1 is 0.608 bits per heavy atom. The molecule has 1 aliphatic heterocycles. The second-order valence-corrected chi connectivity index (χ2v) is 16.8. The van der Waals surface area contributed by atoms with Gasteiger partial charge in [0.15, 0.2) is 12.8 Å². The van der Waals surface area contributed by atoms with Crippen LogP contribution in [0.25, 0.3) is 21.5 Å². The van der Waals surface area contributed by atoms with E-state index < -0.39 is 30.6 Å². The minimum Gasteiger partial charge on any atom is -0.478 e. The number of alkyl halides is 9. The summed E-state index contributed by atoms with van der Waals surface area (Å²) in [7, 11) is 0. The molecule has 0 spiro atoms. The Bertz CT molecular complexity index is 2030. The number of benzene rings is 5. The topological polar surface area (TPSA) is 74.7 Å². The molecule has 1 saturated heterocycles. The summed E-state index contributed by atoms with van der Waals surface area (Å²) in [6.07, 6.45) is 0. The van der Waals surface area contributed by atoms with E-state index in [1.807, 2.05) is 24.3 Å². The van der Waals surface area contributed by atoms with Gasteiger partial charge in [-0.2, -0.15) is 0 Å². The molecule has 4 aliphatic rings. The molecule has 2 atom stereocenters. The third-order valence-electron chi connectivity index (χ3n) is 9.04. The highest BCUT2D eigenvalue weighted by atomic mass is 35.6. The Balaban J connectivity index is 0.000000320. The normalized spacial score (nSPS) is 21.0. The molecule has 14 heteroatoms. The highest BCUT2D eigenvalue weighted by Crippen LogP contribution is 2.62. The number of nitrogens with zero attached hydrogens (tertiary/aromatic N) is 1. The quantitative estimate of drug-likeness (QED) is 0.142. The maximum atomic E-state index is 14.2. The van der Waals surface area contributed by atoms with Crippen LogP contribution in [0.4, 0.5) is 5.69 Å². The van der Waals surface area contributed by atoms with Gasteiger partial charge in [0, 0.05) is 11.8 Å². The number of aromatic carboxylic acids is 1. The van der Waals surface area contributed by atoms with Gasteiger partial charge in [0.05, 0.1) is 27.2 Å². The average Bonchev–Trinajstić information content (AvgIpc) is 3.30. The molecule has 2 bridgehead atoms. The SMILES string of the molecule is Cc1cc(C(=O)O)ccc1N1C(=O)[C@@H]2C3c4cc5ccccc5cc4C(c4cc5ccccc5cc43)[C@@H]2C1=O.[2H]C(Cl)(Cl)Cl.[2H]C(Cl)(Cl)Cl.[2H]C(Cl)(Cl)Cl. The Morgan fingerprint density at radius 3 is 1.20 bits per heavy atom. The molecule has 0 radical (unpaired) electrons. The predicted octanol–water partition coefficient (Wildman–Crippen LogP) is 12.4. The zero-order valence-corrected chi connectivity index (χ0v) is 32.8. The summed E-state index contributed by atoms with van der Waals surface area (Å²) in [5.74, 6) is -2.95. The van der Waals surface area contributed by atoms with E-state index in [9.17, 15) is 19.5 Å². The van der Waals surface area contributed by atoms with Crippen molar-refractivity contribution >= 4 is 149 Å². The highest BCUT2D eigenvalue weighted by Gasteiger charge is 2.62. The molecule has 1 heterocycles. The van der Waals surface area contributed by atoms with E-state index in [-0.39, 0.29) is 29.2 Å². The summed E-state index contributed by atoms with van der Waals surface area (Å²) in [5.41, 5.74) is 5.70. The van der Waals surface area contributed by atoms with Crippen LogP contribution in [0.15, 0.2) is 91.0 Å². The zero-order valence-electron chi connectivity index (χ0n) is 29.0. The summed E-state index contributed by atoms with van der Waals surface area (Å²) in [5, 5.41) is 13.9. The Labute approximate surface area is 343 Å². The van der Waals surface area contributed by atoms with Crippen molar-refractivity contribution < 1.29 is 23.6 Å². The van der Waals surface area contributed by atoms with Crippen molar-refractivity contribution in [3.05, 3.63) is 124 Å². The van der Waals surface area contributed by atoms with Gasteiger partial charge in [0.25, 0.3) is 0 Å². The summed E-state index contributed by atoms with van der Waals surface area (Å²) < 4.78 is 13.2. The molecule has 0 unspecified atom stereocenters. The van der Waals surface area contributed by atoms with Gasteiger partial charge in [0.1, 0.15) is 0 Å². The summed E-state index contributed by atoms with van der Waals surface area (Å²) in [4.78, 5) is 41.3. The molecule has 1 N–H and O–H groups in total. The van der Waals surface area contributed by atoms with E-state index in [4.69, 9.17) is 109 Å². The maximum Gasteiger partial charge on any atom is 0.335 e. The minimum atomic E-state index is -1.83. The van der Waals surface area contributed by atoms with Gasteiger partial charge in [-0.1, -0.05) is 177 Å². The lowest BCUT2D eigenvalue weighted by molar-refractivity contribution is -0.122. The fourth-order valence-corrected chi connectivity index (χ4v) is 7.43. The number of carbonyl (C=O) groups excluding carboxylic acids is 2. The second kappa shape index (κ2) is 16.9. The molecule has 1 fully saturated rings. The van der Waals surface area contributed by atoms with E-state index in [0.29, 0.717) is 11.3 Å². The average molecular weight is 871 g/mol. The van der Waals surface area contributed by atoms with Gasteiger partial charge >= 0.3 is 5.97 Å². The number of hydrogen-bond acceptors (Lipinski definition) is 3. The number of rotatable bonds is 2. The number of carbonyl (C=O) groups is 3. The molecule has 0 aromatic heterocycles. The van der Waals surface area contributed by atoms with Crippen molar-refractivity contribution in [3.8, 4) is 0 Å². The number of anilines is 1. The number of imide groups is 1. The van der Waals surface area contributed by atoms with Crippen LogP contribution in [0.1, 0.15) is 54.1 Å². The largest absolute Gasteiger partial charge is 0.478 e. The fourth-order valence-electron chi connectivity index (χ4n) is 7.43. The fraction of sp³-hybridized carbons (Fsp3) is 0.216. The number of halogens is 9. The maximum absolute atomic E-state index is 14.2. The van der Waals surface area contributed by atoms with Crippen LogP contribution in [-0.4, -0.2) is 35.7 Å². The van der Waals surface area contributed by atoms with Crippen LogP contribution in [0.3, 0.4) is 0 Å². The van der Waals surface area contributed by atoms with E-state index in [0.717, 1.165) is 43.8 Å². The minimum absolute atomic E-state index is 0.131. The standard InChI is InChI=1S/C34H23NO4.3CHCl3/c1-17-12-22(34(38)39)10-11-27(17)35-32(36)30-28-23-13-18-6-2-3-7-19(18)14-24(23)29(31(30)33(35)37)26-16-21-9-5-4-8-20(21)15-25(26)28;3*2-1(3)4/h2-16,28-31H,1H3,(H,38,39);3*1H/t28?,29?,30-,31+;;;/i;3*1D. The molecule has 266 valence electrons. The van der Waals surface area contributed by atoms with Crippen LogP contribution in [-0.2, 0) is 9.59 Å².